The summed E-state index contributed by atoms with van der Waals surface area (Å²) >= 11 is 0. The number of hydrogen-bond donors (Lipinski definition) is 1. The summed E-state index contributed by atoms with van der Waals surface area (Å²) in [5, 5.41) is 9.99. The van der Waals surface area contributed by atoms with Gasteiger partial charge in [0.1, 0.15) is 0 Å². The number of piperidine rings is 1. The number of hydrogen-bond acceptors (Lipinski definition) is 2. The predicted molar refractivity (Wildman–Crippen MR) is 76.6 cm³/mol. The van der Waals surface area contributed by atoms with Crippen molar-refractivity contribution >= 4 is 0 Å². The van der Waals surface area contributed by atoms with Crippen LogP contribution in [0.25, 0.3) is 0 Å². The minimum absolute atomic E-state index is 0.0556. The first-order valence-corrected chi connectivity index (χ1v) is 7.81. The number of nitrogens with zero attached hydrogens (tertiary/aromatic N) is 1. The van der Waals surface area contributed by atoms with Crippen LogP contribution in [0.4, 0.5) is 0 Å². The highest BCUT2D eigenvalue weighted by Gasteiger charge is 2.37. The van der Waals surface area contributed by atoms with Crippen LogP contribution in [-0.2, 0) is 0 Å². The first kappa shape index (κ1) is 14.3. The maximum Gasteiger partial charge on any atom is 0.0555 e. The maximum atomic E-state index is 9.99. The molecule has 2 aliphatic rings. The summed E-state index contributed by atoms with van der Waals surface area (Å²) in [6.45, 7) is 11.9. The van der Waals surface area contributed by atoms with Crippen molar-refractivity contribution in [1.82, 2.24) is 4.90 Å². The molecule has 2 rings (SSSR count). The van der Waals surface area contributed by atoms with Gasteiger partial charge in [-0.25, -0.2) is 0 Å². The lowest BCUT2D eigenvalue weighted by Crippen LogP contribution is -2.51. The summed E-state index contributed by atoms with van der Waals surface area (Å²) < 4.78 is 0. The smallest absolute Gasteiger partial charge is 0.0555 e. The average molecular weight is 253 g/mol. The van der Waals surface area contributed by atoms with Gasteiger partial charge in [0, 0.05) is 6.04 Å². The summed E-state index contributed by atoms with van der Waals surface area (Å²) in [7, 11) is 0. The Balaban J connectivity index is 2.00. The Morgan fingerprint density at radius 2 is 1.72 bits per heavy atom. The van der Waals surface area contributed by atoms with Gasteiger partial charge in [-0.05, 0) is 62.4 Å². The van der Waals surface area contributed by atoms with E-state index in [2.05, 4.69) is 32.6 Å². The zero-order valence-electron chi connectivity index (χ0n) is 12.7. The van der Waals surface area contributed by atoms with Crippen LogP contribution in [0.1, 0.15) is 59.8 Å². The van der Waals surface area contributed by atoms with E-state index in [1.807, 2.05) is 0 Å². The normalized spacial score (nSPS) is 38.0. The van der Waals surface area contributed by atoms with Crippen molar-refractivity contribution in [2.24, 2.45) is 17.3 Å². The van der Waals surface area contributed by atoms with E-state index in [1.165, 1.54) is 32.4 Å². The second-order valence-electron chi connectivity index (χ2n) is 7.64. The molecule has 18 heavy (non-hydrogen) atoms. The molecule has 2 nitrogen and oxygen atoms in total. The molecule has 1 aliphatic heterocycles. The highest BCUT2D eigenvalue weighted by molar-refractivity contribution is 4.91. The first-order chi connectivity index (χ1) is 8.39. The highest BCUT2D eigenvalue weighted by Crippen LogP contribution is 2.38. The van der Waals surface area contributed by atoms with Gasteiger partial charge in [0.15, 0.2) is 0 Å². The van der Waals surface area contributed by atoms with E-state index in [9.17, 15) is 5.11 Å². The van der Waals surface area contributed by atoms with E-state index in [4.69, 9.17) is 0 Å². The van der Waals surface area contributed by atoms with Gasteiger partial charge in [0.2, 0.25) is 0 Å². The fourth-order valence-corrected chi connectivity index (χ4v) is 3.81. The third-order valence-corrected chi connectivity index (χ3v) is 5.32. The number of likely N-dealkylation sites (tertiary alicyclic amines) is 1. The van der Waals surface area contributed by atoms with Crippen molar-refractivity contribution in [3.05, 3.63) is 0 Å². The number of rotatable bonds is 2. The van der Waals surface area contributed by atoms with E-state index in [0.717, 1.165) is 24.7 Å². The molecule has 1 aliphatic carbocycles. The molecular weight excluding hydrogens is 222 g/mol. The van der Waals surface area contributed by atoms with Crippen molar-refractivity contribution in [3.8, 4) is 0 Å². The van der Waals surface area contributed by atoms with Gasteiger partial charge in [-0.15, -0.1) is 0 Å². The molecule has 0 bridgehead atoms. The Morgan fingerprint density at radius 3 is 2.28 bits per heavy atom. The van der Waals surface area contributed by atoms with Gasteiger partial charge >= 0.3 is 0 Å². The Hall–Kier alpha value is -0.0800. The third-order valence-electron chi connectivity index (χ3n) is 5.32. The zero-order chi connectivity index (χ0) is 13.3. The fraction of sp³-hybridized carbons (Fsp3) is 1.00. The first-order valence-electron chi connectivity index (χ1n) is 7.81. The second-order valence-corrected chi connectivity index (χ2v) is 7.64. The van der Waals surface area contributed by atoms with Crippen molar-refractivity contribution in [2.45, 2.75) is 71.9 Å². The van der Waals surface area contributed by atoms with Crippen LogP contribution in [0.2, 0.25) is 0 Å². The van der Waals surface area contributed by atoms with Gasteiger partial charge in [0.05, 0.1) is 6.10 Å². The minimum Gasteiger partial charge on any atom is -0.393 e. The average Bonchev–Trinajstić information content (AvgIpc) is 2.28. The molecular formula is C16H31NO. The maximum absolute atomic E-state index is 9.99. The molecule has 2 heteroatoms. The molecule has 0 amide bonds. The van der Waals surface area contributed by atoms with E-state index >= 15 is 0 Å². The van der Waals surface area contributed by atoms with E-state index < -0.39 is 0 Å². The lowest BCUT2D eigenvalue weighted by molar-refractivity contribution is -0.0109. The van der Waals surface area contributed by atoms with Crippen LogP contribution in [-0.4, -0.2) is 35.2 Å². The molecule has 0 aromatic carbocycles. The Bertz CT molecular complexity index is 264. The van der Waals surface area contributed by atoms with Gasteiger partial charge < -0.3 is 5.11 Å². The SMILES string of the molecule is CC(C)C1CCC(O)CC1N1CCC(C)(C)CC1. The summed E-state index contributed by atoms with van der Waals surface area (Å²) in [4.78, 5) is 2.68. The van der Waals surface area contributed by atoms with Gasteiger partial charge in [-0.2, -0.15) is 0 Å². The summed E-state index contributed by atoms with van der Waals surface area (Å²) in [6.07, 6.45) is 5.79. The quantitative estimate of drug-likeness (QED) is 0.816. The van der Waals surface area contributed by atoms with Crippen LogP contribution in [0.5, 0.6) is 0 Å². The lowest BCUT2D eigenvalue weighted by Gasteiger charge is -2.47. The van der Waals surface area contributed by atoms with Crippen molar-refractivity contribution < 1.29 is 5.11 Å². The Labute approximate surface area is 113 Å². The molecule has 1 saturated carbocycles. The monoisotopic (exact) mass is 253 g/mol. The molecule has 3 atom stereocenters. The molecule has 1 heterocycles. The lowest BCUT2D eigenvalue weighted by atomic mass is 9.74. The van der Waals surface area contributed by atoms with Gasteiger partial charge in [-0.1, -0.05) is 27.7 Å². The number of aliphatic hydroxyl groups excluding tert-OH is 1. The minimum atomic E-state index is -0.0556. The fourth-order valence-electron chi connectivity index (χ4n) is 3.81. The Morgan fingerprint density at radius 1 is 1.11 bits per heavy atom. The van der Waals surface area contributed by atoms with Crippen LogP contribution in [0.15, 0.2) is 0 Å². The molecule has 0 aromatic rings. The molecule has 0 aromatic heterocycles. The van der Waals surface area contributed by atoms with E-state index in [-0.39, 0.29) is 6.10 Å². The van der Waals surface area contributed by atoms with Gasteiger partial charge in [0.25, 0.3) is 0 Å². The third kappa shape index (κ3) is 3.27. The van der Waals surface area contributed by atoms with Crippen LogP contribution in [0.3, 0.4) is 0 Å². The highest BCUT2D eigenvalue weighted by atomic mass is 16.3. The predicted octanol–water partition coefficient (Wildman–Crippen LogP) is 3.29. The molecule has 1 saturated heterocycles. The zero-order valence-corrected chi connectivity index (χ0v) is 12.7. The van der Waals surface area contributed by atoms with E-state index in [1.54, 1.807) is 0 Å². The molecule has 0 radical (unpaired) electrons. The van der Waals surface area contributed by atoms with Crippen LogP contribution < -0.4 is 0 Å². The molecule has 3 unspecified atom stereocenters. The summed E-state index contributed by atoms with van der Waals surface area (Å²) in [5.74, 6) is 1.53. The standard InChI is InChI=1S/C16H31NO/c1-12(2)14-6-5-13(18)11-15(14)17-9-7-16(3,4)8-10-17/h12-15,18H,5-11H2,1-4H3. The van der Waals surface area contributed by atoms with Crippen molar-refractivity contribution in [1.29, 1.82) is 0 Å². The van der Waals surface area contributed by atoms with Crippen molar-refractivity contribution in [2.75, 3.05) is 13.1 Å². The topological polar surface area (TPSA) is 23.5 Å². The van der Waals surface area contributed by atoms with Crippen LogP contribution in [0, 0.1) is 17.3 Å². The number of aliphatic hydroxyl groups is 1. The molecule has 2 fully saturated rings. The summed E-state index contributed by atoms with van der Waals surface area (Å²) in [6, 6.07) is 0.629. The van der Waals surface area contributed by atoms with Crippen molar-refractivity contribution in [3.63, 3.8) is 0 Å². The largest absolute Gasteiger partial charge is 0.393 e. The second kappa shape index (κ2) is 5.50. The van der Waals surface area contributed by atoms with E-state index in [0.29, 0.717) is 11.5 Å². The summed E-state index contributed by atoms with van der Waals surface area (Å²) in [5.41, 5.74) is 0.525. The van der Waals surface area contributed by atoms with Crippen LogP contribution >= 0.6 is 0 Å². The molecule has 1 N–H and O–H groups in total. The molecule has 106 valence electrons. The van der Waals surface area contributed by atoms with Gasteiger partial charge in [-0.3, -0.25) is 4.90 Å². The molecule has 0 spiro atoms. The Kier molecular flexibility index (Phi) is 4.38.